The number of rotatable bonds is 4. The van der Waals surface area contributed by atoms with E-state index in [1.807, 2.05) is 18.5 Å². The molecule has 7 nitrogen and oxygen atoms in total. The number of amides is 3. The summed E-state index contributed by atoms with van der Waals surface area (Å²) in [5.41, 5.74) is 6.36. The molecule has 0 fully saturated rings. The van der Waals surface area contributed by atoms with Crippen molar-refractivity contribution in [3.63, 3.8) is 0 Å². The largest absolute Gasteiger partial charge is 0.333 e. The van der Waals surface area contributed by atoms with E-state index in [1.54, 1.807) is 7.05 Å². The summed E-state index contributed by atoms with van der Waals surface area (Å²) in [6.07, 6.45) is 1.11. The number of anilines is 1. The lowest BCUT2D eigenvalue weighted by Crippen LogP contribution is -2.38. The van der Waals surface area contributed by atoms with E-state index in [4.69, 9.17) is 5.73 Å². The van der Waals surface area contributed by atoms with Gasteiger partial charge in [-0.2, -0.15) is 0 Å². The Labute approximate surface area is 106 Å². The van der Waals surface area contributed by atoms with E-state index in [0.717, 1.165) is 16.4 Å². The third-order valence-corrected chi connectivity index (χ3v) is 2.88. The Bertz CT molecular complexity index is 455. The van der Waals surface area contributed by atoms with E-state index in [-0.39, 0.29) is 0 Å². The molecule has 0 aliphatic carbocycles. The minimum Gasteiger partial charge on any atom is -0.333 e. The molecule has 1 rings (SSSR count). The molecule has 0 aliphatic rings. The van der Waals surface area contributed by atoms with E-state index in [2.05, 4.69) is 4.98 Å². The van der Waals surface area contributed by atoms with Gasteiger partial charge < -0.3 is 10.3 Å². The van der Waals surface area contributed by atoms with Gasteiger partial charge in [-0.05, 0) is 13.5 Å². The maximum atomic E-state index is 11.9. The van der Waals surface area contributed by atoms with E-state index < -0.39 is 6.03 Å². The molecule has 0 atom stereocenters. The van der Waals surface area contributed by atoms with Crippen LogP contribution in [0.25, 0.3) is 0 Å². The molecular formula is C11H19N5O2. The first kappa shape index (κ1) is 14.2. The molecule has 0 aliphatic heterocycles. The monoisotopic (exact) mass is 253 g/mol. The maximum Gasteiger partial charge on any atom is 0.331 e. The van der Waals surface area contributed by atoms with Crippen LogP contribution < -0.4 is 10.6 Å². The van der Waals surface area contributed by atoms with Crippen LogP contribution in [0.1, 0.15) is 11.5 Å². The van der Waals surface area contributed by atoms with Crippen LogP contribution in [-0.2, 0) is 18.3 Å². The molecule has 0 unspecified atom stereocenters. The third-order valence-electron chi connectivity index (χ3n) is 2.88. The SMILES string of the molecule is Cc1c(N(C)C(=O)N(C)C=O)nc(CCN)n1C. The zero-order chi connectivity index (χ0) is 13.9. The van der Waals surface area contributed by atoms with Crippen LogP contribution in [-0.4, -0.2) is 47.5 Å². The molecule has 0 saturated heterocycles. The van der Waals surface area contributed by atoms with E-state index in [0.29, 0.717) is 25.2 Å². The van der Waals surface area contributed by atoms with Crippen LogP contribution in [0.5, 0.6) is 0 Å². The average Bonchev–Trinajstić information content (AvgIpc) is 2.65. The van der Waals surface area contributed by atoms with Gasteiger partial charge in [0.25, 0.3) is 0 Å². The number of nitrogens with two attached hydrogens (primary N) is 1. The molecular weight excluding hydrogens is 234 g/mol. The summed E-state index contributed by atoms with van der Waals surface area (Å²) in [5.74, 6) is 1.36. The summed E-state index contributed by atoms with van der Waals surface area (Å²) in [6.45, 7) is 2.36. The number of imidazole rings is 1. The van der Waals surface area contributed by atoms with Gasteiger partial charge in [0.1, 0.15) is 5.82 Å². The predicted octanol–water partition coefficient (Wildman–Crippen LogP) is -0.126. The molecule has 3 amide bonds. The van der Waals surface area contributed by atoms with E-state index in [1.165, 1.54) is 11.9 Å². The highest BCUT2D eigenvalue weighted by Crippen LogP contribution is 2.19. The number of aromatic nitrogens is 2. The fourth-order valence-corrected chi connectivity index (χ4v) is 1.66. The summed E-state index contributed by atoms with van der Waals surface area (Å²) >= 11 is 0. The van der Waals surface area contributed by atoms with Crippen LogP contribution >= 0.6 is 0 Å². The van der Waals surface area contributed by atoms with Gasteiger partial charge >= 0.3 is 6.03 Å². The first-order valence-electron chi connectivity index (χ1n) is 5.62. The molecule has 7 heteroatoms. The van der Waals surface area contributed by atoms with Crippen molar-refractivity contribution in [2.24, 2.45) is 12.8 Å². The van der Waals surface area contributed by atoms with Gasteiger partial charge in [-0.3, -0.25) is 14.6 Å². The first-order valence-corrected chi connectivity index (χ1v) is 5.62. The van der Waals surface area contributed by atoms with Gasteiger partial charge in [-0.15, -0.1) is 0 Å². The Morgan fingerprint density at radius 1 is 1.50 bits per heavy atom. The fourth-order valence-electron chi connectivity index (χ4n) is 1.66. The fraction of sp³-hybridized carbons (Fsp3) is 0.545. The number of carbonyl (C=O) groups is 2. The lowest BCUT2D eigenvalue weighted by atomic mass is 10.4. The van der Waals surface area contributed by atoms with Gasteiger partial charge in [0, 0.05) is 27.6 Å². The second kappa shape index (κ2) is 5.63. The quantitative estimate of drug-likeness (QED) is 0.758. The summed E-state index contributed by atoms with van der Waals surface area (Å²) in [4.78, 5) is 29.1. The smallest absolute Gasteiger partial charge is 0.331 e. The Morgan fingerprint density at radius 3 is 2.61 bits per heavy atom. The van der Waals surface area contributed by atoms with Crippen molar-refractivity contribution >= 4 is 18.3 Å². The topological polar surface area (TPSA) is 84.5 Å². The van der Waals surface area contributed by atoms with Crippen molar-refractivity contribution in [3.05, 3.63) is 11.5 Å². The van der Waals surface area contributed by atoms with Gasteiger partial charge in [0.05, 0.1) is 5.69 Å². The minimum atomic E-state index is -0.425. The zero-order valence-electron chi connectivity index (χ0n) is 11.2. The lowest BCUT2D eigenvalue weighted by Gasteiger charge is -2.19. The second-order valence-electron chi connectivity index (χ2n) is 4.09. The van der Waals surface area contributed by atoms with E-state index in [9.17, 15) is 9.59 Å². The van der Waals surface area contributed by atoms with Crippen molar-refractivity contribution in [2.45, 2.75) is 13.3 Å². The van der Waals surface area contributed by atoms with E-state index >= 15 is 0 Å². The van der Waals surface area contributed by atoms with Crippen LogP contribution in [0.4, 0.5) is 10.6 Å². The number of carbonyl (C=O) groups excluding carboxylic acids is 2. The normalized spacial score (nSPS) is 10.3. The van der Waals surface area contributed by atoms with Crippen molar-refractivity contribution in [2.75, 3.05) is 25.5 Å². The standard InChI is InChI=1S/C11H19N5O2/c1-8-10(13-9(5-6-12)15(8)3)16(4)11(18)14(2)7-17/h7H,5-6,12H2,1-4H3. The predicted molar refractivity (Wildman–Crippen MR) is 68.3 cm³/mol. The van der Waals surface area contributed by atoms with Crippen LogP contribution in [0.15, 0.2) is 0 Å². The first-order chi connectivity index (χ1) is 8.43. The maximum absolute atomic E-state index is 11.9. The molecule has 0 spiro atoms. The van der Waals surface area contributed by atoms with Gasteiger partial charge in [0.2, 0.25) is 6.41 Å². The molecule has 0 bridgehead atoms. The molecule has 0 aromatic carbocycles. The summed E-state index contributed by atoms with van der Waals surface area (Å²) in [6, 6.07) is -0.425. The summed E-state index contributed by atoms with van der Waals surface area (Å²) in [7, 11) is 4.87. The average molecular weight is 253 g/mol. The van der Waals surface area contributed by atoms with Gasteiger partial charge in [0.15, 0.2) is 5.82 Å². The highest BCUT2D eigenvalue weighted by Gasteiger charge is 2.21. The van der Waals surface area contributed by atoms with Gasteiger partial charge in [-0.1, -0.05) is 0 Å². The summed E-state index contributed by atoms with van der Waals surface area (Å²) < 4.78 is 1.90. The number of urea groups is 1. The van der Waals surface area contributed by atoms with Crippen molar-refractivity contribution in [3.8, 4) is 0 Å². The zero-order valence-corrected chi connectivity index (χ0v) is 11.2. The third kappa shape index (κ3) is 2.51. The Hall–Kier alpha value is -1.89. The number of nitrogens with zero attached hydrogens (tertiary/aromatic N) is 4. The Balaban J connectivity index is 3.06. The highest BCUT2D eigenvalue weighted by atomic mass is 16.2. The highest BCUT2D eigenvalue weighted by molar-refractivity contribution is 5.96. The Morgan fingerprint density at radius 2 is 2.11 bits per heavy atom. The lowest BCUT2D eigenvalue weighted by molar-refractivity contribution is -0.114. The second-order valence-corrected chi connectivity index (χ2v) is 4.09. The molecule has 1 aromatic rings. The molecule has 1 heterocycles. The van der Waals surface area contributed by atoms with Crippen LogP contribution in [0.2, 0.25) is 0 Å². The molecule has 2 N–H and O–H groups in total. The van der Waals surface area contributed by atoms with Crippen molar-refractivity contribution < 1.29 is 9.59 Å². The van der Waals surface area contributed by atoms with Crippen molar-refractivity contribution in [1.82, 2.24) is 14.5 Å². The summed E-state index contributed by atoms with van der Waals surface area (Å²) in [5, 5.41) is 0. The molecule has 0 saturated carbocycles. The van der Waals surface area contributed by atoms with Crippen molar-refractivity contribution in [1.29, 1.82) is 0 Å². The Kier molecular flexibility index (Phi) is 4.43. The van der Waals surface area contributed by atoms with Crippen LogP contribution in [0, 0.1) is 6.92 Å². The molecule has 18 heavy (non-hydrogen) atoms. The number of hydrogen-bond donors (Lipinski definition) is 1. The molecule has 1 aromatic heterocycles. The number of imide groups is 1. The minimum absolute atomic E-state index is 0.425. The number of hydrogen-bond acceptors (Lipinski definition) is 4. The van der Waals surface area contributed by atoms with Gasteiger partial charge in [-0.25, -0.2) is 9.78 Å². The molecule has 0 radical (unpaired) electrons. The van der Waals surface area contributed by atoms with Crippen LogP contribution in [0.3, 0.4) is 0 Å². The molecule has 100 valence electrons.